The molecule has 0 saturated carbocycles. The lowest BCUT2D eigenvalue weighted by molar-refractivity contribution is -0.128. The molecular formula is C20H16N2O5S. The predicted octanol–water partition coefficient (Wildman–Crippen LogP) is 2.22. The molecule has 0 spiro atoms. The van der Waals surface area contributed by atoms with Gasteiger partial charge in [0.05, 0.1) is 5.56 Å². The van der Waals surface area contributed by atoms with E-state index in [1.807, 2.05) is 0 Å². The molecule has 1 aliphatic rings. The molecule has 1 aliphatic heterocycles. The second-order valence-electron chi connectivity index (χ2n) is 6.01. The fourth-order valence-corrected chi connectivity index (χ4v) is 2.71. The van der Waals surface area contributed by atoms with E-state index in [1.54, 1.807) is 36.4 Å². The summed E-state index contributed by atoms with van der Waals surface area (Å²) in [5, 5.41) is 11.5. The number of carboxylic acids is 1. The molecule has 2 N–H and O–H groups in total. The second-order valence-corrected chi connectivity index (χ2v) is 6.40. The smallest absolute Gasteiger partial charge is 0.335 e. The van der Waals surface area contributed by atoms with Crippen molar-refractivity contribution in [1.82, 2.24) is 10.2 Å². The largest absolute Gasteiger partial charge is 0.488 e. The minimum Gasteiger partial charge on any atom is -0.488 e. The Bertz CT molecular complexity index is 998. The fraction of sp³-hybridized carbons (Fsp3) is 0.100. The first-order valence-electron chi connectivity index (χ1n) is 8.26. The molecule has 2 amide bonds. The molecule has 28 heavy (non-hydrogen) atoms. The molecule has 1 heterocycles. The van der Waals surface area contributed by atoms with Gasteiger partial charge in [-0.05, 0) is 42.1 Å². The van der Waals surface area contributed by atoms with Crippen LogP contribution in [0.25, 0.3) is 6.08 Å². The van der Waals surface area contributed by atoms with Crippen LogP contribution in [0.4, 0.5) is 0 Å². The lowest BCUT2D eigenvalue weighted by atomic mass is 10.1. The van der Waals surface area contributed by atoms with Crippen molar-refractivity contribution in [1.29, 1.82) is 0 Å². The highest BCUT2D eigenvalue weighted by Crippen LogP contribution is 2.23. The molecule has 142 valence electrons. The Morgan fingerprint density at radius 2 is 1.86 bits per heavy atom. The summed E-state index contributed by atoms with van der Waals surface area (Å²) < 4.78 is 5.81. The number of para-hydroxylation sites is 1. The number of aromatic carboxylic acids is 1. The van der Waals surface area contributed by atoms with Gasteiger partial charge in [-0.1, -0.05) is 30.3 Å². The first-order chi connectivity index (χ1) is 13.4. The van der Waals surface area contributed by atoms with Gasteiger partial charge in [0.25, 0.3) is 11.8 Å². The van der Waals surface area contributed by atoms with Crippen LogP contribution in [-0.2, 0) is 16.2 Å². The van der Waals surface area contributed by atoms with Crippen molar-refractivity contribution in [3.8, 4) is 5.75 Å². The van der Waals surface area contributed by atoms with E-state index in [4.69, 9.17) is 22.1 Å². The van der Waals surface area contributed by atoms with Crippen LogP contribution >= 0.6 is 12.2 Å². The summed E-state index contributed by atoms with van der Waals surface area (Å²) >= 11 is 4.93. The van der Waals surface area contributed by atoms with Crippen molar-refractivity contribution >= 4 is 41.2 Å². The molecule has 0 unspecified atom stereocenters. The standard InChI is InChI=1S/C20H16N2O5S/c1-22-18(24)15(17(23)21-20(22)28)10-14-4-2-3-5-16(14)27-11-12-6-8-13(9-7-12)19(25)26/h2-10H,11H2,1H3,(H,25,26)(H,21,23,28)/b15-10+. The Morgan fingerprint density at radius 3 is 2.54 bits per heavy atom. The highest BCUT2D eigenvalue weighted by molar-refractivity contribution is 7.80. The maximum absolute atomic E-state index is 12.3. The van der Waals surface area contributed by atoms with Crippen LogP contribution < -0.4 is 10.1 Å². The second kappa shape index (κ2) is 8.01. The number of hydrogen-bond donors (Lipinski definition) is 2. The predicted molar refractivity (Wildman–Crippen MR) is 106 cm³/mol. The monoisotopic (exact) mass is 396 g/mol. The maximum atomic E-state index is 12.3. The first kappa shape index (κ1) is 19.2. The normalized spacial score (nSPS) is 15.5. The highest BCUT2D eigenvalue weighted by Gasteiger charge is 2.30. The van der Waals surface area contributed by atoms with E-state index in [-0.39, 0.29) is 22.9 Å². The third-order valence-electron chi connectivity index (χ3n) is 4.12. The van der Waals surface area contributed by atoms with Gasteiger partial charge in [0.1, 0.15) is 17.9 Å². The van der Waals surface area contributed by atoms with Crippen molar-refractivity contribution in [3.63, 3.8) is 0 Å². The maximum Gasteiger partial charge on any atom is 0.335 e. The fourth-order valence-electron chi connectivity index (χ4n) is 2.54. The van der Waals surface area contributed by atoms with Gasteiger partial charge in [-0.2, -0.15) is 0 Å². The van der Waals surface area contributed by atoms with Gasteiger partial charge >= 0.3 is 5.97 Å². The van der Waals surface area contributed by atoms with Crippen LogP contribution in [0.3, 0.4) is 0 Å². The first-order valence-corrected chi connectivity index (χ1v) is 8.67. The van der Waals surface area contributed by atoms with E-state index in [2.05, 4.69) is 5.32 Å². The summed E-state index contributed by atoms with van der Waals surface area (Å²) in [6, 6.07) is 13.3. The Labute approximate surface area is 166 Å². The third-order valence-corrected chi connectivity index (χ3v) is 4.49. The summed E-state index contributed by atoms with van der Waals surface area (Å²) in [6.07, 6.45) is 1.46. The summed E-state index contributed by atoms with van der Waals surface area (Å²) in [5.74, 6) is -1.57. The number of likely N-dealkylation sites (N-methyl/N-ethyl adjacent to an activating group) is 1. The molecule has 0 aromatic heterocycles. The Morgan fingerprint density at radius 1 is 1.18 bits per heavy atom. The van der Waals surface area contributed by atoms with E-state index in [0.717, 1.165) is 5.56 Å². The SMILES string of the molecule is CN1C(=O)/C(=C/c2ccccc2OCc2ccc(C(=O)O)cc2)C(=O)NC1=S. The number of rotatable bonds is 5. The Hall–Kier alpha value is -3.52. The zero-order valence-electron chi connectivity index (χ0n) is 14.8. The van der Waals surface area contributed by atoms with Gasteiger partial charge in [-0.15, -0.1) is 0 Å². The molecule has 0 bridgehead atoms. The molecule has 1 fully saturated rings. The van der Waals surface area contributed by atoms with E-state index in [1.165, 1.54) is 30.2 Å². The van der Waals surface area contributed by atoms with Crippen LogP contribution in [0, 0.1) is 0 Å². The lowest BCUT2D eigenvalue weighted by Gasteiger charge is -2.25. The van der Waals surface area contributed by atoms with Crippen molar-refractivity contribution in [2.75, 3.05) is 7.05 Å². The van der Waals surface area contributed by atoms with Crippen LogP contribution in [0.1, 0.15) is 21.5 Å². The van der Waals surface area contributed by atoms with Crippen LogP contribution in [0.2, 0.25) is 0 Å². The molecular weight excluding hydrogens is 380 g/mol. The lowest BCUT2D eigenvalue weighted by Crippen LogP contribution is -2.52. The zero-order valence-corrected chi connectivity index (χ0v) is 15.7. The van der Waals surface area contributed by atoms with Crippen molar-refractivity contribution in [2.24, 2.45) is 0 Å². The molecule has 1 saturated heterocycles. The van der Waals surface area contributed by atoms with E-state index < -0.39 is 17.8 Å². The summed E-state index contributed by atoms with van der Waals surface area (Å²) in [6.45, 7) is 0.199. The molecule has 3 rings (SSSR count). The molecule has 0 atom stereocenters. The highest BCUT2D eigenvalue weighted by atomic mass is 32.1. The number of carbonyl (C=O) groups excluding carboxylic acids is 2. The number of ether oxygens (including phenoxy) is 1. The minimum atomic E-state index is -0.996. The van der Waals surface area contributed by atoms with Crippen molar-refractivity contribution in [2.45, 2.75) is 6.61 Å². The summed E-state index contributed by atoms with van der Waals surface area (Å²) in [5.41, 5.74) is 1.49. The number of thiocarbonyl (C=S) groups is 1. The Kier molecular flexibility index (Phi) is 5.51. The van der Waals surface area contributed by atoms with Crippen LogP contribution in [-0.4, -0.2) is 40.0 Å². The number of carboxylic acid groups (broad SMARTS) is 1. The molecule has 7 nitrogen and oxygen atoms in total. The number of benzene rings is 2. The third kappa shape index (κ3) is 4.07. The van der Waals surface area contributed by atoms with Crippen LogP contribution in [0.15, 0.2) is 54.1 Å². The quantitative estimate of drug-likeness (QED) is 0.457. The molecule has 0 radical (unpaired) electrons. The topological polar surface area (TPSA) is 95.9 Å². The average molecular weight is 396 g/mol. The number of nitrogens with one attached hydrogen (secondary N) is 1. The molecule has 2 aromatic rings. The van der Waals surface area contributed by atoms with Crippen molar-refractivity contribution < 1.29 is 24.2 Å². The van der Waals surface area contributed by atoms with Gasteiger partial charge in [0.2, 0.25) is 0 Å². The zero-order chi connectivity index (χ0) is 20.3. The number of hydrogen-bond acceptors (Lipinski definition) is 5. The summed E-state index contributed by atoms with van der Waals surface area (Å²) in [4.78, 5) is 36.6. The van der Waals surface area contributed by atoms with E-state index in [0.29, 0.717) is 11.3 Å². The average Bonchev–Trinajstić information content (AvgIpc) is 2.69. The number of amides is 2. The molecule has 8 heteroatoms. The minimum absolute atomic E-state index is 0.0436. The molecule has 0 aliphatic carbocycles. The van der Waals surface area contributed by atoms with Gasteiger partial charge in [-0.25, -0.2) is 4.79 Å². The van der Waals surface area contributed by atoms with E-state index >= 15 is 0 Å². The van der Waals surface area contributed by atoms with Gasteiger partial charge < -0.3 is 9.84 Å². The molecule has 2 aromatic carbocycles. The van der Waals surface area contributed by atoms with Crippen molar-refractivity contribution in [3.05, 3.63) is 70.8 Å². The Balaban J connectivity index is 1.81. The van der Waals surface area contributed by atoms with E-state index in [9.17, 15) is 14.4 Å². The number of nitrogens with zero attached hydrogens (tertiary/aromatic N) is 1. The van der Waals surface area contributed by atoms with Gasteiger partial charge in [-0.3, -0.25) is 19.8 Å². The van der Waals surface area contributed by atoms with Gasteiger partial charge in [0.15, 0.2) is 5.11 Å². The van der Waals surface area contributed by atoms with Crippen LogP contribution in [0.5, 0.6) is 5.75 Å². The van der Waals surface area contributed by atoms with Gasteiger partial charge in [0, 0.05) is 12.6 Å². The number of carbonyl (C=O) groups is 3. The summed E-state index contributed by atoms with van der Waals surface area (Å²) in [7, 11) is 1.49.